The summed E-state index contributed by atoms with van der Waals surface area (Å²) in [4.78, 5) is 27.3. The van der Waals surface area contributed by atoms with Crippen molar-refractivity contribution in [1.82, 2.24) is 20.4 Å². The molecule has 1 saturated heterocycles. The quantitative estimate of drug-likeness (QED) is 0.868. The lowest BCUT2D eigenvalue weighted by molar-refractivity contribution is -0.132. The standard InChI is InChI=1S/C20H30N4O2/c25-19(17-12-21-23-18(17)14-6-2-1-3-7-14)22-16-8-4-5-11-24(13-16)20(26)15-9-10-15/h12,14-16H,1-11,13H2,(H,21,23)(H,22,25)/t16-/m1/s1. The average molecular weight is 358 g/mol. The zero-order valence-corrected chi connectivity index (χ0v) is 15.5. The maximum Gasteiger partial charge on any atom is 0.255 e. The van der Waals surface area contributed by atoms with E-state index in [4.69, 9.17) is 0 Å². The van der Waals surface area contributed by atoms with Crippen LogP contribution >= 0.6 is 0 Å². The number of hydrogen-bond donors (Lipinski definition) is 2. The zero-order chi connectivity index (χ0) is 17.9. The molecular formula is C20H30N4O2. The highest BCUT2D eigenvalue weighted by molar-refractivity contribution is 5.95. The molecule has 0 aromatic carbocycles. The van der Waals surface area contributed by atoms with Crippen molar-refractivity contribution in [1.29, 1.82) is 0 Å². The van der Waals surface area contributed by atoms with Crippen molar-refractivity contribution >= 4 is 11.8 Å². The molecule has 1 aliphatic heterocycles. The molecule has 2 amide bonds. The molecule has 4 rings (SSSR count). The third-order valence-corrected chi connectivity index (χ3v) is 6.17. The van der Waals surface area contributed by atoms with E-state index in [1.807, 2.05) is 4.90 Å². The van der Waals surface area contributed by atoms with Gasteiger partial charge >= 0.3 is 0 Å². The molecular weight excluding hydrogens is 328 g/mol. The number of carbonyl (C=O) groups excluding carboxylic acids is 2. The smallest absolute Gasteiger partial charge is 0.255 e. The van der Waals surface area contributed by atoms with Gasteiger partial charge in [0.1, 0.15) is 0 Å². The van der Waals surface area contributed by atoms with E-state index >= 15 is 0 Å². The van der Waals surface area contributed by atoms with E-state index in [9.17, 15) is 9.59 Å². The predicted octanol–water partition coefficient (Wildman–Crippen LogP) is 2.98. The van der Waals surface area contributed by atoms with Gasteiger partial charge in [-0.25, -0.2) is 0 Å². The van der Waals surface area contributed by atoms with Crippen LogP contribution < -0.4 is 5.32 Å². The summed E-state index contributed by atoms with van der Waals surface area (Å²) in [6.45, 7) is 1.48. The zero-order valence-electron chi connectivity index (χ0n) is 15.5. The summed E-state index contributed by atoms with van der Waals surface area (Å²) in [6, 6.07) is 0.0433. The molecule has 3 aliphatic rings. The van der Waals surface area contributed by atoms with Crippen molar-refractivity contribution in [3.63, 3.8) is 0 Å². The Balaban J connectivity index is 1.40. The van der Waals surface area contributed by atoms with Crippen molar-refractivity contribution in [3.05, 3.63) is 17.5 Å². The molecule has 2 aliphatic carbocycles. The number of amides is 2. The van der Waals surface area contributed by atoms with E-state index in [1.165, 1.54) is 19.3 Å². The molecule has 2 heterocycles. The molecule has 1 aromatic heterocycles. The number of H-pyrrole nitrogens is 1. The van der Waals surface area contributed by atoms with E-state index in [0.29, 0.717) is 18.0 Å². The first kappa shape index (κ1) is 17.6. The fraction of sp³-hybridized carbons (Fsp3) is 0.750. The van der Waals surface area contributed by atoms with Crippen LogP contribution in [-0.4, -0.2) is 46.0 Å². The Hall–Kier alpha value is -1.85. The number of nitrogens with zero attached hydrogens (tertiary/aromatic N) is 2. The third-order valence-electron chi connectivity index (χ3n) is 6.17. The van der Waals surface area contributed by atoms with Crippen LogP contribution in [0.2, 0.25) is 0 Å². The minimum atomic E-state index is -0.0370. The molecule has 0 unspecified atom stereocenters. The van der Waals surface area contributed by atoms with Gasteiger partial charge < -0.3 is 10.2 Å². The topological polar surface area (TPSA) is 78.1 Å². The lowest BCUT2D eigenvalue weighted by atomic mass is 9.85. The van der Waals surface area contributed by atoms with Crippen LogP contribution in [0.15, 0.2) is 6.20 Å². The molecule has 2 saturated carbocycles. The predicted molar refractivity (Wildman–Crippen MR) is 98.8 cm³/mol. The Bertz CT molecular complexity index is 646. The maximum atomic E-state index is 12.9. The van der Waals surface area contributed by atoms with E-state index in [0.717, 1.165) is 57.2 Å². The number of nitrogens with one attached hydrogen (secondary N) is 2. The van der Waals surface area contributed by atoms with Crippen LogP contribution in [0.3, 0.4) is 0 Å². The van der Waals surface area contributed by atoms with Gasteiger partial charge in [0.15, 0.2) is 0 Å². The lowest BCUT2D eigenvalue weighted by Crippen LogP contribution is -2.45. The summed E-state index contributed by atoms with van der Waals surface area (Å²) in [5.74, 6) is 0.924. The highest BCUT2D eigenvalue weighted by Gasteiger charge is 2.35. The second-order valence-electron chi connectivity index (χ2n) is 8.26. The van der Waals surface area contributed by atoms with Crippen LogP contribution in [0.5, 0.6) is 0 Å². The van der Waals surface area contributed by atoms with Gasteiger partial charge in [0, 0.05) is 31.0 Å². The molecule has 1 atom stereocenters. The lowest BCUT2D eigenvalue weighted by Gasteiger charge is -2.26. The minimum Gasteiger partial charge on any atom is -0.347 e. The average Bonchev–Trinajstić information content (AvgIpc) is 3.44. The van der Waals surface area contributed by atoms with E-state index in [2.05, 4.69) is 15.5 Å². The molecule has 26 heavy (non-hydrogen) atoms. The van der Waals surface area contributed by atoms with E-state index in [1.54, 1.807) is 6.20 Å². The van der Waals surface area contributed by atoms with Gasteiger partial charge in [-0.3, -0.25) is 14.7 Å². The summed E-state index contributed by atoms with van der Waals surface area (Å²) in [7, 11) is 0. The first-order valence-corrected chi connectivity index (χ1v) is 10.4. The van der Waals surface area contributed by atoms with E-state index < -0.39 is 0 Å². The normalized spacial score (nSPS) is 24.9. The SMILES string of the molecule is O=C(N[C@@H]1CCCCN(C(=O)C2CC2)C1)c1cn[nH]c1C1CCCCC1. The fourth-order valence-corrected chi connectivity index (χ4v) is 4.49. The summed E-state index contributed by atoms with van der Waals surface area (Å²) >= 11 is 0. The molecule has 6 heteroatoms. The van der Waals surface area contributed by atoms with Gasteiger partial charge in [0.25, 0.3) is 5.91 Å². The van der Waals surface area contributed by atoms with Crippen molar-refractivity contribution < 1.29 is 9.59 Å². The Morgan fingerprint density at radius 2 is 1.81 bits per heavy atom. The molecule has 1 aromatic rings. The van der Waals surface area contributed by atoms with Crippen molar-refractivity contribution in [2.75, 3.05) is 13.1 Å². The highest BCUT2D eigenvalue weighted by atomic mass is 16.2. The molecule has 142 valence electrons. The van der Waals surface area contributed by atoms with Gasteiger partial charge in [0.2, 0.25) is 5.91 Å². The number of likely N-dealkylation sites (tertiary alicyclic amines) is 1. The second-order valence-corrected chi connectivity index (χ2v) is 8.26. The molecule has 0 radical (unpaired) electrons. The molecule has 2 N–H and O–H groups in total. The number of hydrogen-bond acceptors (Lipinski definition) is 3. The van der Waals surface area contributed by atoms with Crippen LogP contribution in [0.25, 0.3) is 0 Å². The first-order valence-electron chi connectivity index (χ1n) is 10.4. The van der Waals surface area contributed by atoms with Crippen LogP contribution in [0.1, 0.15) is 86.2 Å². The van der Waals surface area contributed by atoms with Gasteiger partial charge in [-0.05, 0) is 44.9 Å². The molecule has 3 fully saturated rings. The van der Waals surface area contributed by atoms with Crippen LogP contribution in [0, 0.1) is 5.92 Å². The summed E-state index contributed by atoms with van der Waals surface area (Å²) in [5, 5.41) is 10.4. The Labute approximate surface area is 155 Å². The van der Waals surface area contributed by atoms with Gasteiger partial charge in [-0.2, -0.15) is 5.10 Å². The first-order chi connectivity index (χ1) is 12.7. The maximum absolute atomic E-state index is 12.9. The molecule has 0 bridgehead atoms. The molecule has 6 nitrogen and oxygen atoms in total. The Morgan fingerprint density at radius 3 is 2.58 bits per heavy atom. The van der Waals surface area contributed by atoms with Crippen molar-refractivity contribution in [2.45, 2.75) is 76.2 Å². The highest BCUT2D eigenvalue weighted by Crippen LogP contribution is 2.33. The number of carbonyl (C=O) groups is 2. The fourth-order valence-electron chi connectivity index (χ4n) is 4.49. The minimum absolute atomic E-state index is 0.0370. The Kier molecular flexibility index (Phi) is 5.27. The summed E-state index contributed by atoms with van der Waals surface area (Å²) < 4.78 is 0. The molecule has 0 spiro atoms. The Morgan fingerprint density at radius 1 is 1.04 bits per heavy atom. The monoisotopic (exact) mass is 358 g/mol. The second kappa shape index (κ2) is 7.80. The van der Waals surface area contributed by atoms with Gasteiger partial charge in [-0.15, -0.1) is 0 Å². The summed E-state index contributed by atoms with van der Waals surface area (Å²) in [5.41, 5.74) is 1.70. The van der Waals surface area contributed by atoms with E-state index in [-0.39, 0.29) is 23.8 Å². The largest absolute Gasteiger partial charge is 0.347 e. The van der Waals surface area contributed by atoms with Crippen LogP contribution in [-0.2, 0) is 4.79 Å². The number of aromatic nitrogens is 2. The van der Waals surface area contributed by atoms with Crippen LogP contribution in [0.4, 0.5) is 0 Å². The van der Waals surface area contributed by atoms with Gasteiger partial charge in [0.05, 0.1) is 17.5 Å². The van der Waals surface area contributed by atoms with Gasteiger partial charge in [-0.1, -0.05) is 19.3 Å². The number of aromatic amines is 1. The van der Waals surface area contributed by atoms with Crippen molar-refractivity contribution in [3.8, 4) is 0 Å². The van der Waals surface area contributed by atoms with Crippen molar-refractivity contribution in [2.24, 2.45) is 5.92 Å². The number of rotatable bonds is 4. The summed E-state index contributed by atoms with van der Waals surface area (Å²) in [6.07, 6.45) is 12.8. The third kappa shape index (κ3) is 3.94.